The average Bonchev–Trinajstić information content (AvgIpc) is 2.96. The standard InChI is InChI=1S/C19H24BrN3O2/c1-4-6-17-22-16-12-21-15-11-13(20)8-9-14(15)19(16)23(17)10-5-7-18(24-2)25-3/h8-9,11-12,18H,4-7,10H2,1-3H3. The van der Waals surface area contributed by atoms with Crippen LogP contribution in [0.4, 0.5) is 0 Å². The second kappa shape index (κ2) is 8.25. The SMILES string of the molecule is CCCc1nc2cnc3cc(Br)ccc3c2n1CCCC(OC)OC. The van der Waals surface area contributed by atoms with Gasteiger partial charge in [0.05, 0.1) is 17.2 Å². The molecule has 0 aliphatic heterocycles. The van der Waals surface area contributed by atoms with Crippen molar-refractivity contribution in [2.75, 3.05) is 14.2 Å². The van der Waals surface area contributed by atoms with Gasteiger partial charge in [0.15, 0.2) is 6.29 Å². The second-order valence-electron chi connectivity index (χ2n) is 6.13. The molecule has 6 heteroatoms. The van der Waals surface area contributed by atoms with E-state index in [1.54, 1.807) is 14.2 Å². The molecule has 3 rings (SSSR count). The number of halogens is 1. The molecule has 0 fully saturated rings. The van der Waals surface area contributed by atoms with Gasteiger partial charge >= 0.3 is 0 Å². The van der Waals surface area contributed by atoms with E-state index in [4.69, 9.17) is 14.5 Å². The van der Waals surface area contributed by atoms with E-state index in [-0.39, 0.29) is 6.29 Å². The number of aryl methyl sites for hydroxylation is 2. The van der Waals surface area contributed by atoms with Crippen LogP contribution in [0.15, 0.2) is 28.9 Å². The number of benzene rings is 1. The van der Waals surface area contributed by atoms with Gasteiger partial charge in [-0.2, -0.15) is 0 Å². The summed E-state index contributed by atoms with van der Waals surface area (Å²) in [5.41, 5.74) is 3.12. The summed E-state index contributed by atoms with van der Waals surface area (Å²) in [5, 5.41) is 1.14. The number of fused-ring (bicyclic) bond motifs is 3. The van der Waals surface area contributed by atoms with Crippen molar-refractivity contribution in [3.05, 3.63) is 34.7 Å². The summed E-state index contributed by atoms with van der Waals surface area (Å²) in [6.07, 6.45) is 5.58. The fourth-order valence-corrected chi connectivity index (χ4v) is 3.59. The van der Waals surface area contributed by atoms with E-state index in [0.29, 0.717) is 0 Å². The lowest BCUT2D eigenvalue weighted by atomic mass is 10.2. The van der Waals surface area contributed by atoms with Gasteiger partial charge in [-0.15, -0.1) is 0 Å². The quantitative estimate of drug-likeness (QED) is 0.509. The molecular formula is C19H24BrN3O2. The van der Waals surface area contributed by atoms with Crippen molar-refractivity contribution in [2.45, 2.75) is 45.4 Å². The number of nitrogens with zero attached hydrogens (tertiary/aromatic N) is 3. The van der Waals surface area contributed by atoms with Gasteiger partial charge in [0.25, 0.3) is 0 Å². The molecule has 0 aliphatic carbocycles. The van der Waals surface area contributed by atoms with Crippen molar-refractivity contribution < 1.29 is 9.47 Å². The second-order valence-corrected chi connectivity index (χ2v) is 7.04. The molecule has 1 aromatic carbocycles. The monoisotopic (exact) mass is 405 g/mol. The van der Waals surface area contributed by atoms with Crippen LogP contribution in [-0.2, 0) is 22.4 Å². The minimum absolute atomic E-state index is 0.154. The van der Waals surface area contributed by atoms with Crippen LogP contribution in [0.5, 0.6) is 0 Å². The number of imidazole rings is 1. The summed E-state index contributed by atoms with van der Waals surface area (Å²) in [6, 6.07) is 6.24. The van der Waals surface area contributed by atoms with Crippen LogP contribution >= 0.6 is 15.9 Å². The third kappa shape index (κ3) is 3.86. The number of hydrogen-bond acceptors (Lipinski definition) is 4. The number of rotatable bonds is 8. The largest absolute Gasteiger partial charge is 0.356 e. The molecule has 0 atom stereocenters. The van der Waals surface area contributed by atoms with Crippen LogP contribution in [0.3, 0.4) is 0 Å². The van der Waals surface area contributed by atoms with E-state index in [0.717, 1.165) is 58.9 Å². The van der Waals surface area contributed by atoms with Crippen LogP contribution in [0, 0.1) is 0 Å². The zero-order valence-electron chi connectivity index (χ0n) is 15.0. The summed E-state index contributed by atoms with van der Waals surface area (Å²) in [6.45, 7) is 3.08. The Morgan fingerprint density at radius 1 is 1.20 bits per heavy atom. The maximum atomic E-state index is 5.31. The molecule has 0 saturated carbocycles. The Morgan fingerprint density at radius 2 is 2.00 bits per heavy atom. The number of ether oxygens (including phenoxy) is 2. The van der Waals surface area contributed by atoms with Crippen LogP contribution in [0.2, 0.25) is 0 Å². The minimum atomic E-state index is -0.154. The van der Waals surface area contributed by atoms with Gasteiger partial charge in [-0.3, -0.25) is 4.98 Å². The highest BCUT2D eigenvalue weighted by Gasteiger charge is 2.15. The number of methoxy groups -OCH3 is 2. The highest BCUT2D eigenvalue weighted by Crippen LogP contribution is 2.28. The van der Waals surface area contributed by atoms with Crippen molar-refractivity contribution >= 4 is 37.9 Å². The Morgan fingerprint density at radius 3 is 2.72 bits per heavy atom. The highest BCUT2D eigenvalue weighted by atomic mass is 79.9. The Kier molecular flexibility index (Phi) is 6.04. The van der Waals surface area contributed by atoms with Crippen LogP contribution in [-0.4, -0.2) is 35.0 Å². The zero-order valence-corrected chi connectivity index (χ0v) is 16.5. The fourth-order valence-electron chi connectivity index (χ4n) is 3.24. The first-order valence-electron chi connectivity index (χ1n) is 8.66. The molecule has 0 aliphatic rings. The first kappa shape index (κ1) is 18.3. The number of pyridine rings is 1. The topological polar surface area (TPSA) is 49.2 Å². The number of aromatic nitrogens is 3. The van der Waals surface area contributed by atoms with Gasteiger partial charge < -0.3 is 14.0 Å². The molecular weight excluding hydrogens is 382 g/mol. The maximum absolute atomic E-state index is 5.31. The molecule has 5 nitrogen and oxygen atoms in total. The van der Waals surface area contributed by atoms with E-state index in [1.807, 2.05) is 6.20 Å². The Bertz CT molecular complexity index is 859. The zero-order chi connectivity index (χ0) is 17.8. The van der Waals surface area contributed by atoms with Crippen LogP contribution < -0.4 is 0 Å². The van der Waals surface area contributed by atoms with Gasteiger partial charge in [-0.25, -0.2) is 4.98 Å². The van der Waals surface area contributed by atoms with Crippen molar-refractivity contribution in [3.8, 4) is 0 Å². The van der Waals surface area contributed by atoms with Gasteiger partial charge in [-0.05, 0) is 31.0 Å². The Labute approximate surface area is 156 Å². The molecule has 0 N–H and O–H groups in total. The van der Waals surface area contributed by atoms with Gasteiger partial charge in [0.2, 0.25) is 0 Å². The van der Waals surface area contributed by atoms with E-state index < -0.39 is 0 Å². The molecule has 2 heterocycles. The molecule has 134 valence electrons. The third-order valence-corrected chi connectivity index (χ3v) is 4.93. The normalized spacial score (nSPS) is 11.9. The minimum Gasteiger partial charge on any atom is -0.356 e. The lowest BCUT2D eigenvalue weighted by Gasteiger charge is -2.15. The molecule has 25 heavy (non-hydrogen) atoms. The molecule has 3 aromatic rings. The summed E-state index contributed by atoms with van der Waals surface area (Å²) < 4.78 is 14.0. The first-order chi connectivity index (χ1) is 12.2. The lowest BCUT2D eigenvalue weighted by molar-refractivity contribution is -0.107. The van der Waals surface area contributed by atoms with Gasteiger partial charge in [0.1, 0.15) is 11.3 Å². The smallest absolute Gasteiger partial charge is 0.156 e. The Hall–Kier alpha value is -1.50. The van der Waals surface area contributed by atoms with Crippen molar-refractivity contribution in [2.24, 2.45) is 0 Å². The lowest BCUT2D eigenvalue weighted by Crippen LogP contribution is -2.14. The molecule has 0 amide bonds. The average molecular weight is 406 g/mol. The van der Waals surface area contributed by atoms with E-state index >= 15 is 0 Å². The van der Waals surface area contributed by atoms with E-state index in [1.165, 1.54) is 5.52 Å². The van der Waals surface area contributed by atoms with Crippen molar-refractivity contribution in [3.63, 3.8) is 0 Å². The highest BCUT2D eigenvalue weighted by molar-refractivity contribution is 9.10. The fraction of sp³-hybridized carbons (Fsp3) is 0.474. The molecule has 2 aromatic heterocycles. The summed E-state index contributed by atoms with van der Waals surface area (Å²) in [5.74, 6) is 1.13. The van der Waals surface area contributed by atoms with Gasteiger partial charge in [-0.1, -0.05) is 22.9 Å². The number of hydrogen-bond donors (Lipinski definition) is 0. The summed E-state index contributed by atoms with van der Waals surface area (Å²) in [7, 11) is 3.36. The van der Waals surface area contributed by atoms with Crippen molar-refractivity contribution in [1.82, 2.24) is 14.5 Å². The van der Waals surface area contributed by atoms with E-state index in [9.17, 15) is 0 Å². The summed E-state index contributed by atoms with van der Waals surface area (Å²) >= 11 is 3.53. The molecule has 0 radical (unpaired) electrons. The van der Waals surface area contributed by atoms with Gasteiger partial charge in [0, 0.05) is 43.5 Å². The van der Waals surface area contributed by atoms with E-state index in [2.05, 4.69) is 50.6 Å². The molecule has 0 saturated heterocycles. The predicted molar refractivity (Wildman–Crippen MR) is 104 cm³/mol. The maximum Gasteiger partial charge on any atom is 0.156 e. The molecule has 0 spiro atoms. The third-order valence-electron chi connectivity index (χ3n) is 4.44. The summed E-state index contributed by atoms with van der Waals surface area (Å²) in [4.78, 5) is 9.41. The molecule has 0 bridgehead atoms. The Balaban J connectivity index is 2.02. The van der Waals surface area contributed by atoms with Crippen LogP contribution in [0.1, 0.15) is 32.0 Å². The first-order valence-corrected chi connectivity index (χ1v) is 9.46. The molecule has 0 unspecified atom stereocenters. The predicted octanol–water partition coefficient (Wildman–Crippen LogP) is 4.70. The van der Waals surface area contributed by atoms with Crippen molar-refractivity contribution in [1.29, 1.82) is 0 Å². The van der Waals surface area contributed by atoms with Crippen LogP contribution in [0.25, 0.3) is 21.9 Å².